The predicted molar refractivity (Wildman–Crippen MR) is 80.0 cm³/mol. The molecule has 0 bridgehead atoms. The van der Waals surface area contributed by atoms with E-state index in [1.54, 1.807) is 17.0 Å². The van der Waals surface area contributed by atoms with Gasteiger partial charge in [-0.25, -0.2) is 9.89 Å². The fourth-order valence-corrected chi connectivity index (χ4v) is 2.29. The molecule has 0 radical (unpaired) electrons. The molecule has 3 rings (SSSR count). The van der Waals surface area contributed by atoms with Gasteiger partial charge in [0.15, 0.2) is 0 Å². The van der Waals surface area contributed by atoms with Crippen LogP contribution in [0, 0.1) is 0 Å². The van der Waals surface area contributed by atoms with Crippen LogP contribution >= 0.6 is 0 Å². The Morgan fingerprint density at radius 3 is 2.62 bits per heavy atom. The fourth-order valence-electron chi connectivity index (χ4n) is 2.29. The largest absolute Gasteiger partial charge is 0.343 e. The van der Waals surface area contributed by atoms with Crippen molar-refractivity contribution in [3.05, 3.63) is 82.3 Å². The van der Waals surface area contributed by atoms with Crippen molar-refractivity contribution < 1.29 is 0 Å². The van der Waals surface area contributed by atoms with Gasteiger partial charge in [-0.2, -0.15) is 5.10 Å². The van der Waals surface area contributed by atoms with Crippen molar-refractivity contribution in [3.63, 3.8) is 0 Å². The van der Waals surface area contributed by atoms with Crippen LogP contribution in [0.5, 0.6) is 0 Å². The van der Waals surface area contributed by atoms with Crippen LogP contribution < -0.4 is 5.69 Å². The lowest BCUT2D eigenvalue weighted by Gasteiger charge is -2.06. The van der Waals surface area contributed by atoms with Gasteiger partial charge in [-0.1, -0.05) is 36.4 Å². The number of aromatic nitrogens is 4. The van der Waals surface area contributed by atoms with Crippen molar-refractivity contribution >= 4 is 0 Å². The maximum atomic E-state index is 11.9. The molecule has 5 nitrogen and oxygen atoms in total. The average molecular weight is 280 g/mol. The standard InChI is InChI=1S/C16H16N4O/c21-16-19-18-15(11-14-7-4-9-17-12-14)20(16)10-8-13-5-2-1-3-6-13/h1-7,9,12H,8,10-11H2,(H,19,21). The van der Waals surface area contributed by atoms with Gasteiger partial charge in [0.25, 0.3) is 0 Å². The third-order valence-electron chi connectivity index (χ3n) is 3.39. The lowest BCUT2D eigenvalue weighted by molar-refractivity contribution is 0.641. The summed E-state index contributed by atoms with van der Waals surface area (Å²) in [6.45, 7) is 0.620. The summed E-state index contributed by atoms with van der Waals surface area (Å²) in [6.07, 6.45) is 4.93. The Morgan fingerprint density at radius 1 is 1.05 bits per heavy atom. The molecule has 0 aliphatic rings. The quantitative estimate of drug-likeness (QED) is 0.775. The van der Waals surface area contributed by atoms with E-state index in [2.05, 4.69) is 27.3 Å². The Labute approximate surface area is 122 Å². The van der Waals surface area contributed by atoms with Gasteiger partial charge in [0.05, 0.1) is 0 Å². The van der Waals surface area contributed by atoms with Gasteiger partial charge in [-0.15, -0.1) is 0 Å². The monoisotopic (exact) mass is 280 g/mol. The number of rotatable bonds is 5. The van der Waals surface area contributed by atoms with Crippen molar-refractivity contribution in [3.8, 4) is 0 Å². The number of benzene rings is 1. The molecule has 1 N–H and O–H groups in total. The molecule has 3 aromatic rings. The summed E-state index contributed by atoms with van der Waals surface area (Å²) in [4.78, 5) is 16.0. The van der Waals surface area contributed by atoms with Crippen LogP contribution in [0.4, 0.5) is 0 Å². The van der Waals surface area contributed by atoms with E-state index in [-0.39, 0.29) is 5.69 Å². The summed E-state index contributed by atoms with van der Waals surface area (Å²) in [5.74, 6) is 0.740. The van der Waals surface area contributed by atoms with Crippen molar-refractivity contribution in [2.45, 2.75) is 19.4 Å². The summed E-state index contributed by atoms with van der Waals surface area (Å²) >= 11 is 0. The first-order chi connectivity index (χ1) is 10.3. The van der Waals surface area contributed by atoms with E-state index in [0.29, 0.717) is 13.0 Å². The smallest absolute Gasteiger partial charge is 0.278 e. The Kier molecular flexibility index (Phi) is 3.91. The summed E-state index contributed by atoms with van der Waals surface area (Å²) < 4.78 is 1.69. The highest BCUT2D eigenvalue weighted by molar-refractivity contribution is 5.16. The van der Waals surface area contributed by atoms with Crippen LogP contribution in [0.25, 0.3) is 0 Å². The molecule has 0 aliphatic carbocycles. The lowest BCUT2D eigenvalue weighted by Crippen LogP contribution is -2.20. The Balaban J connectivity index is 1.76. The zero-order valence-electron chi connectivity index (χ0n) is 11.6. The summed E-state index contributed by atoms with van der Waals surface area (Å²) in [6, 6.07) is 14.0. The van der Waals surface area contributed by atoms with Crippen LogP contribution in [0.15, 0.2) is 59.7 Å². The van der Waals surface area contributed by atoms with E-state index in [9.17, 15) is 4.79 Å². The van der Waals surface area contributed by atoms with Crippen LogP contribution in [0.3, 0.4) is 0 Å². The number of pyridine rings is 1. The Bertz CT molecular complexity index is 747. The highest BCUT2D eigenvalue weighted by Gasteiger charge is 2.09. The van der Waals surface area contributed by atoms with E-state index in [0.717, 1.165) is 17.8 Å². The number of hydrogen-bond donors (Lipinski definition) is 1. The van der Waals surface area contributed by atoms with Gasteiger partial charge in [0, 0.05) is 25.4 Å². The molecule has 0 saturated carbocycles. The van der Waals surface area contributed by atoms with Gasteiger partial charge < -0.3 is 0 Å². The molecular formula is C16H16N4O. The first-order valence-corrected chi connectivity index (χ1v) is 6.90. The van der Waals surface area contributed by atoms with Crippen molar-refractivity contribution in [1.29, 1.82) is 0 Å². The highest BCUT2D eigenvalue weighted by atomic mass is 16.1. The molecule has 0 atom stereocenters. The van der Waals surface area contributed by atoms with Crippen LogP contribution in [0.2, 0.25) is 0 Å². The Hall–Kier alpha value is -2.69. The van der Waals surface area contributed by atoms with Gasteiger partial charge in [-0.05, 0) is 23.6 Å². The van der Waals surface area contributed by atoms with E-state index >= 15 is 0 Å². The molecule has 2 aromatic heterocycles. The van der Waals surface area contributed by atoms with Crippen LogP contribution in [-0.2, 0) is 19.4 Å². The van der Waals surface area contributed by atoms with Crippen molar-refractivity contribution in [2.75, 3.05) is 0 Å². The molecular weight excluding hydrogens is 264 g/mol. The lowest BCUT2D eigenvalue weighted by atomic mass is 10.1. The Morgan fingerprint density at radius 2 is 1.86 bits per heavy atom. The van der Waals surface area contributed by atoms with Crippen LogP contribution in [-0.4, -0.2) is 19.7 Å². The summed E-state index contributed by atoms with van der Waals surface area (Å²) in [5.41, 5.74) is 2.08. The molecule has 106 valence electrons. The molecule has 0 aliphatic heterocycles. The number of H-pyrrole nitrogens is 1. The molecule has 0 amide bonds. The molecule has 0 unspecified atom stereocenters. The van der Waals surface area contributed by atoms with Gasteiger partial charge in [-0.3, -0.25) is 9.55 Å². The maximum absolute atomic E-state index is 11.9. The average Bonchev–Trinajstić information content (AvgIpc) is 2.87. The second-order valence-electron chi connectivity index (χ2n) is 4.87. The van der Waals surface area contributed by atoms with Crippen molar-refractivity contribution in [2.24, 2.45) is 0 Å². The van der Waals surface area contributed by atoms with E-state index in [1.807, 2.05) is 30.3 Å². The first-order valence-electron chi connectivity index (χ1n) is 6.90. The number of aryl methyl sites for hydroxylation is 1. The molecule has 21 heavy (non-hydrogen) atoms. The van der Waals surface area contributed by atoms with Crippen molar-refractivity contribution in [1.82, 2.24) is 19.7 Å². The summed E-state index contributed by atoms with van der Waals surface area (Å²) in [5, 5.41) is 6.65. The number of nitrogens with one attached hydrogen (secondary N) is 1. The normalized spacial score (nSPS) is 10.7. The molecule has 0 spiro atoms. The second kappa shape index (κ2) is 6.17. The second-order valence-corrected chi connectivity index (χ2v) is 4.87. The summed E-state index contributed by atoms with van der Waals surface area (Å²) in [7, 11) is 0. The third-order valence-corrected chi connectivity index (χ3v) is 3.39. The number of nitrogens with zero attached hydrogens (tertiary/aromatic N) is 3. The molecule has 5 heteroatoms. The molecule has 0 saturated heterocycles. The van der Waals surface area contributed by atoms with Gasteiger partial charge in [0.2, 0.25) is 0 Å². The minimum absolute atomic E-state index is 0.162. The minimum Gasteiger partial charge on any atom is -0.278 e. The minimum atomic E-state index is -0.162. The van der Waals surface area contributed by atoms with Gasteiger partial charge >= 0.3 is 5.69 Å². The maximum Gasteiger partial charge on any atom is 0.343 e. The van der Waals surface area contributed by atoms with E-state index < -0.39 is 0 Å². The fraction of sp³-hybridized carbons (Fsp3) is 0.188. The van der Waals surface area contributed by atoms with E-state index in [1.165, 1.54) is 5.56 Å². The van der Waals surface area contributed by atoms with Crippen LogP contribution in [0.1, 0.15) is 17.0 Å². The van der Waals surface area contributed by atoms with Gasteiger partial charge in [0.1, 0.15) is 5.82 Å². The topological polar surface area (TPSA) is 63.6 Å². The highest BCUT2D eigenvalue weighted by Crippen LogP contribution is 2.06. The zero-order chi connectivity index (χ0) is 14.5. The van der Waals surface area contributed by atoms with E-state index in [4.69, 9.17) is 0 Å². The molecule has 2 heterocycles. The predicted octanol–water partition coefficient (Wildman–Crippen LogP) is 1.80. The molecule has 0 fully saturated rings. The SMILES string of the molecule is O=c1[nH]nc(Cc2cccnc2)n1CCc1ccccc1. The first kappa shape index (κ1) is 13.3. The number of hydrogen-bond acceptors (Lipinski definition) is 3. The third kappa shape index (κ3) is 3.25. The zero-order valence-corrected chi connectivity index (χ0v) is 11.6. The molecule has 1 aromatic carbocycles. The number of aromatic amines is 1.